The Kier molecular flexibility index (Phi) is 8.00. The lowest BCUT2D eigenvalue weighted by Crippen LogP contribution is -2.36. The molecule has 1 fully saturated rings. The van der Waals surface area contributed by atoms with Gasteiger partial charge in [0.25, 0.3) is 5.91 Å². The number of aromatic nitrogens is 2. The lowest BCUT2D eigenvalue weighted by Gasteiger charge is -2.31. The number of piperidine rings is 1. The number of carbonyl (C=O) groups is 1. The Labute approximate surface area is 221 Å². The van der Waals surface area contributed by atoms with Crippen LogP contribution in [0.1, 0.15) is 34.6 Å². The van der Waals surface area contributed by atoms with Crippen molar-refractivity contribution in [3.8, 4) is 6.07 Å². The van der Waals surface area contributed by atoms with Crippen LogP contribution >= 0.6 is 11.8 Å². The number of carbonyl (C=O) groups excluding carboxylic acids is 1. The number of anilines is 3. The van der Waals surface area contributed by atoms with E-state index in [4.69, 9.17) is 0 Å². The Bertz CT molecular complexity index is 1430. The van der Waals surface area contributed by atoms with Crippen LogP contribution in [0.15, 0.2) is 59.5 Å². The topological polar surface area (TPSA) is 119 Å². The van der Waals surface area contributed by atoms with Crippen molar-refractivity contribution < 1.29 is 13.2 Å². The summed E-state index contributed by atoms with van der Waals surface area (Å²) in [5.74, 6) is 0.237. The van der Waals surface area contributed by atoms with E-state index < -0.39 is 10.0 Å². The third-order valence-corrected chi connectivity index (χ3v) is 8.62. The van der Waals surface area contributed by atoms with Crippen LogP contribution in [0, 0.1) is 18.3 Å². The van der Waals surface area contributed by atoms with Crippen molar-refractivity contribution in [1.82, 2.24) is 9.97 Å². The number of nitriles is 1. The van der Waals surface area contributed by atoms with Crippen LogP contribution in [-0.2, 0) is 10.0 Å². The van der Waals surface area contributed by atoms with Crippen molar-refractivity contribution in [3.63, 3.8) is 0 Å². The van der Waals surface area contributed by atoms with Crippen LogP contribution in [0.4, 0.5) is 17.3 Å². The molecule has 0 atom stereocenters. The molecule has 192 valence electrons. The predicted molar refractivity (Wildman–Crippen MR) is 147 cm³/mol. The zero-order valence-electron chi connectivity index (χ0n) is 20.9. The fraction of sp³-hybridized carbons (Fsp3) is 0.308. The number of rotatable bonds is 7. The van der Waals surface area contributed by atoms with Crippen molar-refractivity contribution in [2.45, 2.75) is 29.9 Å². The normalized spacial score (nSPS) is 14.2. The predicted octanol–water partition coefficient (Wildman–Crippen LogP) is 4.07. The molecular weight excluding hydrogens is 508 g/mol. The summed E-state index contributed by atoms with van der Waals surface area (Å²) in [5.41, 5.74) is 2.40. The molecule has 2 heterocycles. The third-order valence-electron chi connectivity index (χ3n) is 6.08. The smallest absolute Gasteiger partial charge is 0.257 e. The second-order valence-electron chi connectivity index (χ2n) is 8.84. The summed E-state index contributed by atoms with van der Waals surface area (Å²) in [5, 5.41) is 12.5. The van der Waals surface area contributed by atoms with Crippen LogP contribution in [-0.4, -0.2) is 55.9 Å². The van der Waals surface area contributed by atoms with Gasteiger partial charge in [-0.3, -0.25) is 9.10 Å². The second-order valence-corrected chi connectivity index (χ2v) is 12.2. The van der Waals surface area contributed by atoms with Gasteiger partial charge in [-0.25, -0.2) is 18.4 Å². The first-order valence-corrected chi connectivity index (χ1v) is 14.5. The minimum absolute atomic E-state index is 0.278. The molecule has 0 unspecified atom stereocenters. The van der Waals surface area contributed by atoms with E-state index in [9.17, 15) is 18.5 Å². The number of hydrogen-bond acceptors (Lipinski definition) is 8. The quantitative estimate of drug-likeness (QED) is 0.480. The standard InChI is InChI=1S/C26H28N6O3S2/c1-18-16-20(17-27)30-26(28-18)32-14-12-22(13-15-32)36-21-10-8-19(9-11-21)29-25(33)23-6-4-5-7-24(23)31(2)37(3,34)35/h4-11,16,22H,12-15H2,1-3H3,(H,29,33). The van der Waals surface area contributed by atoms with Crippen LogP contribution < -0.4 is 14.5 Å². The second kappa shape index (κ2) is 11.2. The van der Waals surface area contributed by atoms with Gasteiger partial charge >= 0.3 is 0 Å². The van der Waals surface area contributed by atoms with Gasteiger partial charge in [-0.05, 0) is 62.2 Å². The zero-order valence-corrected chi connectivity index (χ0v) is 22.5. The summed E-state index contributed by atoms with van der Waals surface area (Å²) >= 11 is 1.80. The first-order chi connectivity index (χ1) is 17.6. The van der Waals surface area contributed by atoms with E-state index in [2.05, 4.69) is 26.3 Å². The molecule has 4 rings (SSSR count). The van der Waals surface area contributed by atoms with Crippen molar-refractivity contribution in [1.29, 1.82) is 5.26 Å². The number of nitrogens with one attached hydrogen (secondary N) is 1. The highest BCUT2D eigenvalue weighted by atomic mass is 32.2. The van der Waals surface area contributed by atoms with Crippen LogP contribution in [0.25, 0.3) is 0 Å². The monoisotopic (exact) mass is 536 g/mol. The van der Waals surface area contributed by atoms with Gasteiger partial charge in [0.05, 0.1) is 17.5 Å². The van der Waals surface area contributed by atoms with Crippen LogP contribution in [0.5, 0.6) is 0 Å². The summed E-state index contributed by atoms with van der Waals surface area (Å²) in [6, 6.07) is 18.0. The molecule has 37 heavy (non-hydrogen) atoms. The maximum atomic E-state index is 12.9. The van der Waals surface area contributed by atoms with Gasteiger partial charge in [0.2, 0.25) is 16.0 Å². The Hall–Kier alpha value is -3.62. The minimum Gasteiger partial charge on any atom is -0.341 e. The van der Waals surface area contributed by atoms with Gasteiger partial charge < -0.3 is 10.2 Å². The van der Waals surface area contributed by atoms with Crippen molar-refractivity contribution in [2.24, 2.45) is 0 Å². The van der Waals surface area contributed by atoms with E-state index in [0.717, 1.165) is 47.1 Å². The molecule has 1 amide bonds. The summed E-state index contributed by atoms with van der Waals surface area (Å²) in [7, 11) is -2.08. The maximum Gasteiger partial charge on any atom is 0.257 e. The number of sulfonamides is 1. The SMILES string of the molecule is Cc1cc(C#N)nc(N2CCC(Sc3ccc(NC(=O)c4ccccc4N(C)S(C)(=O)=O)cc3)CC2)n1. The number of nitrogens with zero attached hydrogens (tertiary/aromatic N) is 5. The number of thioether (sulfide) groups is 1. The van der Waals surface area contributed by atoms with Crippen molar-refractivity contribution >= 4 is 45.0 Å². The molecule has 3 aromatic rings. The number of hydrogen-bond donors (Lipinski definition) is 1. The van der Waals surface area contributed by atoms with Gasteiger partial charge in [0, 0.05) is 41.7 Å². The van der Waals surface area contributed by atoms with Gasteiger partial charge in [-0.15, -0.1) is 11.8 Å². The molecule has 0 spiro atoms. The average molecular weight is 537 g/mol. The van der Waals surface area contributed by atoms with Crippen LogP contribution in [0.3, 0.4) is 0 Å². The van der Waals surface area contributed by atoms with Crippen molar-refractivity contribution in [3.05, 3.63) is 71.5 Å². The zero-order chi connectivity index (χ0) is 26.6. The molecule has 0 aliphatic carbocycles. The number of aryl methyl sites for hydroxylation is 1. The largest absolute Gasteiger partial charge is 0.341 e. The fourth-order valence-corrected chi connectivity index (χ4v) is 5.69. The van der Waals surface area contributed by atoms with E-state index in [-0.39, 0.29) is 11.5 Å². The number of amides is 1. The highest BCUT2D eigenvalue weighted by Gasteiger charge is 2.23. The minimum atomic E-state index is -3.50. The highest BCUT2D eigenvalue weighted by molar-refractivity contribution is 8.00. The third kappa shape index (κ3) is 6.58. The Morgan fingerprint density at radius 1 is 1.14 bits per heavy atom. The number of para-hydroxylation sites is 1. The lowest BCUT2D eigenvalue weighted by atomic mass is 10.1. The Morgan fingerprint density at radius 3 is 2.46 bits per heavy atom. The molecule has 11 heteroatoms. The molecule has 1 saturated heterocycles. The lowest BCUT2D eigenvalue weighted by molar-refractivity contribution is 0.102. The van der Waals surface area contributed by atoms with Crippen molar-refractivity contribution in [2.75, 3.05) is 40.9 Å². The van der Waals surface area contributed by atoms with Gasteiger partial charge in [0.1, 0.15) is 11.8 Å². The van der Waals surface area contributed by atoms with Gasteiger partial charge in [-0.1, -0.05) is 12.1 Å². The molecule has 1 aliphatic rings. The van der Waals surface area contributed by atoms with Gasteiger partial charge in [0.15, 0.2) is 0 Å². The molecule has 1 N–H and O–H groups in total. The summed E-state index contributed by atoms with van der Waals surface area (Å²) < 4.78 is 25.0. The van der Waals surface area contributed by atoms with Crippen LogP contribution in [0.2, 0.25) is 0 Å². The first kappa shape index (κ1) is 26.4. The first-order valence-electron chi connectivity index (χ1n) is 11.8. The molecule has 0 radical (unpaired) electrons. The van der Waals surface area contributed by atoms with E-state index in [1.54, 1.807) is 42.1 Å². The average Bonchev–Trinajstić information content (AvgIpc) is 2.89. The molecular formula is C26H28N6O3S2. The van der Waals surface area contributed by atoms with E-state index in [0.29, 0.717) is 28.3 Å². The Morgan fingerprint density at radius 2 is 1.81 bits per heavy atom. The molecule has 1 aliphatic heterocycles. The summed E-state index contributed by atoms with van der Waals surface area (Å²) in [6.07, 6.45) is 3.03. The Balaban J connectivity index is 1.35. The number of benzene rings is 2. The highest BCUT2D eigenvalue weighted by Crippen LogP contribution is 2.32. The van der Waals surface area contributed by atoms with E-state index in [1.807, 2.05) is 31.2 Å². The molecule has 2 aromatic carbocycles. The summed E-state index contributed by atoms with van der Waals surface area (Å²) in [4.78, 5) is 25.0. The maximum absolute atomic E-state index is 12.9. The summed E-state index contributed by atoms with van der Waals surface area (Å²) in [6.45, 7) is 3.51. The molecule has 0 bridgehead atoms. The van der Waals surface area contributed by atoms with E-state index >= 15 is 0 Å². The molecule has 1 aromatic heterocycles. The van der Waals surface area contributed by atoms with Gasteiger partial charge in [-0.2, -0.15) is 5.26 Å². The fourth-order valence-electron chi connectivity index (χ4n) is 4.05. The van der Waals surface area contributed by atoms with E-state index in [1.165, 1.54) is 7.05 Å². The molecule has 9 nitrogen and oxygen atoms in total. The molecule has 0 saturated carbocycles.